The van der Waals surface area contributed by atoms with Crippen LogP contribution in [0.2, 0.25) is 0 Å². The van der Waals surface area contributed by atoms with Crippen LogP contribution in [0.4, 0.5) is 29.5 Å². The van der Waals surface area contributed by atoms with Crippen molar-refractivity contribution in [2.24, 2.45) is 0 Å². The van der Waals surface area contributed by atoms with Crippen molar-refractivity contribution in [1.29, 1.82) is 0 Å². The zero-order valence-electron chi connectivity index (χ0n) is 20.1. The molecule has 0 bridgehead atoms. The lowest BCUT2D eigenvalue weighted by atomic mass is 10.1. The van der Waals surface area contributed by atoms with Gasteiger partial charge in [0.1, 0.15) is 5.82 Å². The van der Waals surface area contributed by atoms with E-state index in [1.807, 2.05) is 20.8 Å². The Morgan fingerprint density at radius 3 is 2.43 bits per heavy atom. The molecule has 0 radical (unpaired) electrons. The van der Waals surface area contributed by atoms with E-state index in [1.54, 1.807) is 24.3 Å². The van der Waals surface area contributed by atoms with E-state index >= 15 is 0 Å². The first-order valence-corrected chi connectivity index (χ1v) is 12.5. The molecular formula is C23H31F3N6O2S. The standard InChI is InChI=1S/C21H25F3N6O2S.C2H6/c1-2-25-20(31)26-15-5-3-14(4-6-15)18-27-17-13-30(33-21(22,23)24)8-7-16(17)19(28-18)29-9-11-32-12-10-29;1-2/h3-6H,2,7-13H2,1H3,(H2,25,26,31);1-2H3. The van der Waals surface area contributed by atoms with Crippen molar-refractivity contribution in [3.05, 3.63) is 35.5 Å². The van der Waals surface area contributed by atoms with Crippen molar-refractivity contribution >= 4 is 29.5 Å². The van der Waals surface area contributed by atoms with E-state index in [0.29, 0.717) is 62.0 Å². The lowest BCUT2D eigenvalue weighted by molar-refractivity contribution is -0.0365. The number of nitrogens with one attached hydrogen (secondary N) is 2. The van der Waals surface area contributed by atoms with Crippen LogP contribution in [0.3, 0.4) is 0 Å². The SMILES string of the molecule is CC.CCNC(=O)Nc1ccc(-c2nc3c(c(N4CCOCC4)n2)CCN(SC(F)(F)F)C3)cc1. The summed E-state index contributed by atoms with van der Waals surface area (Å²) in [5, 5.41) is 5.39. The molecule has 1 fully saturated rings. The van der Waals surface area contributed by atoms with Crippen LogP contribution >= 0.6 is 11.9 Å². The van der Waals surface area contributed by atoms with Gasteiger partial charge in [-0.3, -0.25) is 0 Å². The highest BCUT2D eigenvalue weighted by Crippen LogP contribution is 2.38. The Hall–Kier alpha value is -2.57. The number of aromatic nitrogens is 2. The van der Waals surface area contributed by atoms with Crippen LogP contribution in [-0.4, -0.2) is 65.2 Å². The number of hydrogen-bond acceptors (Lipinski definition) is 7. The van der Waals surface area contributed by atoms with Crippen LogP contribution in [0.25, 0.3) is 11.4 Å². The summed E-state index contributed by atoms with van der Waals surface area (Å²) < 4.78 is 45.6. The van der Waals surface area contributed by atoms with E-state index in [1.165, 1.54) is 4.31 Å². The number of rotatable bonds is 5. The zero-order chi connectivity index (χ0) is 25.4. The second-order valence-electron chi connectivity index (χ2n) is 7.61. The van der Waals surface area contributed by atoms with Gasteiger partial charge in [0.2, 0.25) is 0 Å². The third-order valence-electron chi connectivity index (χ3n) is 5.29. The number of morpholine rings is 1. The van der Waals surface area contributed by atoms with E-state index in [9.17, 15) is 18.0 Å². The predicted molar refractivity (Wildman–Crippen MR) is 132 cm³/mol. The summed E-state index contributed by atoms with van der Waals surface area (Å²) in [6.45, 7) is 9.19. The molecule has 2 aliphatic rings. The van der Waals surface area contributed by atoms with Crippen LogP contribution in [0, 0.1) is 0 Å². The molecular weight excluding hydrogens is 481 g/mol. The van der Waals surface area contributed by atoms with E-state index in [4.69, 9.17) is 9.72 Å². The van der Waals surface area contributed by atoms with E-state index in [2.05, 4.69) is 20.5 Å². The van der Waals surface area contributed by atoms with Crippen LogP contribution < -0.4 is 15.5 Å². The summed E-state index contributed by atoms with van der Waals surface area (Å²) in [6.07, 6.45) is 0.445. The van der Waals surface area contributed by atoms with Crippen molar-refractivity contribution in [3.63, 3.8) is 0 Å². The van der Waals surface area contributed by atoms with Gasteiger partial charge in [-0.2, -0.15) is 13.2 Å². The summed E-state index contributed by atoms with van der Waals surface area (Å²) in [4.78, 5) is 23.3. The lowest BCUT2D eigenvalue weighted by Crippen LogP contribution is -2.39. The van der Waals surface area contributed by atoms with Gasteiger partial charge in [0.05, 0.1) is 25.5 Å². The molecule has 0 spiro atoms. The molecule has 2 aliphatic heterocycles. The number of carbonyl (C=O) groups is 1. The number of hydrogen-bond donors (Lipinski definition) is 2. The number of fused-ring (bicyclic) bond motifs is 1. The molecule has 192 valence electrons. The number of anilines is 2. The zero-order valence-corrected chi connectivity index (χ0v) is 20.9. The highest BCUT2D eigenvalue weighted by Gasteiger charge is 2.35. The van der Waals surface area contributed by atoms with Gasteiger partial charge in [0, 0.05) is 54.9 Å². The molecule has 2 aromatic rings. The fraction of sp³-hybridized carbons (Fsp3) is 0.522. The first kappa shape index (κ1) is 27.0. The second-order valence-corrected chi connectivity index (χ2v) is 8.77. The summed E-state index contributed by atoms with van der Waals surface area (Å²) in [7, 11) is 0. The van der Waals surface area contributed by atoms with Gasteiger partial charge in [-0.1, -0.05) is 13.8 Å². The van der Waals surface area contributed by atoms with Crippen LogP contribution in [0.5, 0.6) is 0 Å². The molecule has 0 aliphatic carbocycles. The topological polar surface area (TPSA) is 82.6 Å². The Morgan fingerprint density at radius 2 is 1.80 bits per heavy atom. The number of urea groups is 1. The molecule has 1 aromatic heterocycles. The largest absolute Gasteiger partial charge is 0.456 e. The van der Waals surface area contributed by atoms with Crippen LogP contribution in [0.1, 0.15) is 32.0 Å². The first-order chi connectivity index (χ1) is 16.8. The quantitative estimate of drug-likeness (QED) is 0.563. The third-order valence-corrected chi connectivity index (χ3v) is 6.07. The molecule has 1 aromatic carbocycles. The molecule has 0 saturated carbocycles. The molecule has 3 heterocycles. The summed E-state index contributed by atoms with van der Waals surface area (Å²) in [6, 6.07) is 6.77. The molecule has 0 unspecified atom stereocenters. The van der Waals surface area contributed by atoms with Gasteiger partial charge in [-0.15, -0.1) is 0 Å². The number of ether oxygens (including phenoxy) is 1. The predicted octanol–water partition coefficient (Wildman–Crippen LogP) is 4.67. The number of halogens is 3. The Kier molecular flexibility index (Phi) is 9.58. The maximum absolute atomic E-state index is 12.9. The smallest absolute Gasteiger partial charge is 0.378 e. The number of alkyl halides is 3. The highest BCUT2D eigenvalue weighted by atomic mass is 32.2. The van der Waals surface area contributed by atoms with E-state index in [-0.39, 0.29) is 31.1 Å². The van der Waals surface area contributed by atoms with Crippen LogP contribution in [-0.2, 0) is 17.7 Å². The van der Waals surface area contributed by atoms with Gasteiger partial charge in [0.25, 0.3) is 0 Å². The Morgan fingerprint density at radius 1 is 1.11 bits per heavy atom. The average molecular weight is 513 g/mol. The number of carbonyl (C=O) groups excluding carboxylic acids is 1. The van der Waals surface area contributed by atoms with Crippen LogP contribution in [0.15, 0.2) is 24.3 Å². The fourth-order valence-electron chi connectivity index (χ4n) is 3.82. The molecule has 2 amide bonds. The molecule has 35 heavy (non-hydrogen) atoms. The molecule has 4 rings (SSSR count). The molecule has 12 heteroatoms. The monoisotopic (exact) mass is 512 g/mol. The fourth-order valence-corrected chi connectivity index (χ4v) is 4.48. The van der Waals surface area contributed by atoms with Gasteiger partial charge in [-0.25, -0.2) is 19.1 Å². The Balaban J connectivity index is 0.00000167. The van der Waals surface area contributed by atoms with E-state index < -0.39 is 5.51 Å². The number of amides is 2. The van der Waals surface area contributed by atoms with Crippen molar-refractivity contribution in [2.75, 3.05) is 49.6 Å². The number of nitrogens with zero attached hydrogens (tertiary/aromatic N) is 4. The molecule has 1 saturated heterocycles. The van der Waals surface area contributed by atoms with Crippen molar-refractivity contribution in [3.8, 4) is 11.4 Å². The minimum atomic E-state index is -4.34. The number of benzene rings is 1. The minimum absolute atomic E-state index is 0.0865. The van der Waals surface area contributed by atoms with Gasteiger partial charge in [0.15, 0.2) is 5.82 Å². The maximum atomic E-state index is 12.9. The Bertz CT molecular complexity index is 984. The Labute approximate surface area is 207 Å². The van der Waals surface area contributed by atoms with Gasteiger partial charge < -0.3 is 20.3 Å². The first-order valence-electron chi connectivity index (χ1n) is 11.7. The molecule has 8 nitrogen and oxygen atoms in total. The average Bonchev–Trinajstić information content (AvgIpc) is 2.84. The molecule has 0 atom stereocenters. The summed E-state index contributed by atoms with van der Waals surface area (Å²) in [5.74, 6) is 1.21. The highest BCUT2D eigenvalue weighted by molar-refractivity contribution is 7.97. The van der Waals surface area contributed by atoms with Crippen molar-refractivity contribution < 1.29 is 22.7 Å². The maximum Gasteiger partial charge on any atom is 0.456 e. The third kappa shape index (κ3) is 7.45. The molecule has 2 N–H and O–H groups in total. The normalized spacial score (nSPS) is 16.1. The van der Waals surface area contributed by atoms with Gasteiger partial charge in [-0.05, 0) is 37.6 Å². The van der Waals surface area contributed by atoms with Gasteiger partial charge >= 0.3 is 11.5 Å². The van der Waals surface area contributed by atoms with Crippen molar-refractivity contribution in [2.45, 2.75) is 39.2 Å². The summed E-state index contributed by atoms with van der Waals surface area (Å²) >= 11 is -0.111. The lowest BCUT2D eigenvalue weighted by Gasteiger charge is -2.33. The van der Waals surface area contributed by atoms with E-state index in [0.717, 1.165) is 11.4 Å². The second kappa shape index (κ2) is 12.4. The summed E-state index contributed by atoms with van der Waals surface area (Å²) in [5.41, 5.74) is -1.51. The van der Waals surface area contributed by atoms with Crippen molar-refractivity contribution in [1.82, 2.24) is 19.6 Å². The minimum Gasteiger partial charge on any atom is -0.378 e.